The molecule has 0 aromatic carbocycles. The summed E-state index contributed by atoms with van der Waals surface area (Å²) in [6.45, 7) is -0.295. The number of thiazole rings is 1. The lowest BCUT2D eigenvalue weighted by molar-refractivity contribution is -0.142. The molecule has 3 aromatic heterocycles. The number of carboxylic acid groups (broad SMARTS) is 1. The number of sulfonamides is 1. The van der Waals surface area contributed by atoms with Crippen LogP contribution in [0.2, 0.25) is 0 Å². The number of thiophene rings is 1. The van der Waals surface area contributed by atoms with Crippen LogP contribution in [-0.4, -0.2) is 81.3 Å². The van der Waals surface area contributed by atoms with Gasteiger partial charge in [-0.25, -0.2) is 18.2 Å². The number of carboxylic acids is 1. The fourth-order valence-corrected chi connectivity index (χ4v) is 8.20. The van der Waals surface area contributed by atoms with Gasteiger partial charge in [0.15, 0.2) is 5.13 Å². The Balaban J connectivity index is 1.30. The molecule has 5 rings (SSSR count). The normalized spacial score (nSPS) is 18.3. The zero-order chi connectivity index (χ0) is 27.6. The van der Waals surface area contributed by atoms with E-state index < -0.39 is 40.4 Å². The molecular formula is C23H26N6O7S3. The SMILES string of the molecule is O=C(O)c1nc(-c2ccc(S(=O)(=O)N3CCN(C(CC4CCCCC4)C(=O)Nc4nccs4)C(=O)C3)s2)no1. The molecule has 1 atom stereocenters. The van der Waals surface area contributed by atoms with Crippen LogP contribution in [0.25, 0.3) is 10.7 Å². The smallest absolute Gasteiger partial charge is 0.394 e. The summed E-state index contributed by atoms with van der Waals surface area (Å²) < 4.78 is 32.4. The van der Waals surface area contributed by atoms with Crippen molar-refractivity contribution >= 4 is 55.6 Å². The van der Waals surface area contributed by atoms with E-state index in [-0.39, 0.29) is 29.0 Å². The number of carbonyl (C=O) groups excluding carboxylic acids is 2. The van der Waals surface area contributed by atoms with Crippen LogP contribution >= 0.6 is 22.7 Å². The van der Waals surface area contributed by atoms with Crippen LogP contribution < -0.4 is 5.32 Å². The summed E-state index contributed by atoms with van der Waals surface area (Å²) in [4.78, 5) is 47.2. The quantitative estimate of drug-likeness (QED) is 0.375. The summed E-state index contributed by atoms with van der Waals surface area (Å²) in [6, 6.07) is 2.09. The number of nitrogens with zero attached hydrogens (tertiary/aromatic N) is 5. The van der Waals surface area contributed by atoms with E-state index >= 15 is 0 Å². The van der Waals surface area contributed by atoms with Gasteiger partial charge in [0.25, 0.3) is 10.0 Å². The monoisotopic (exact) mass is 594 g/mol. The molecule has 16 heteroatoms. The van der Waals surface area contributed by atoms with Crippen molar-refractivity contribution in [1.82, 2.24) is 24.3 Å². The highest BCUT2D eigenvalue weighted by atomic mass is 32.2. The highest BCUT2D eigenvalue weighted by Crippen LogP contribution is 2.33. The van der Waals surface area contributed by atoms with Gasteiger partial charge in [-0.1, -0.05) is 37.3 Å². The van der Waals surface area contributed by atoms with E-state index in [1.807, 2.05) is 0 Å². The summed E-state index contributed by atoms with van der Waals surface area (Å²) in [6.07, 6.45) is 7.46. The third kappa shape index (κ3) is 6.03. The number of anilines is 1. The zero-order valence-electron chi connectivity index (χ0n) is 20.7. The Kier molecular flexibility index (Phi) is 8.06. The molecule has 2 fully saturated rings. The lowest BCUT2D eigenvalue weighted by Gasteiger charge is -2.39. The Hall–Kier alpha value is -3.21. The number of nitrogens with one attached hydrogen (secondary N) is 1. The Labute approximate surface area is 231 Å². The summed E-state index contributed by atoms with van der Waals surface area (Å²) in [7, 11) is -4.04. The number of piperazine rings is 1. The van der Waals surface area contributed by atoms with Crippen molar-refractivity contribution in [2.45, 2.75) is 48.8 Å². The number of carbonyl (C=O) groups is 3. The molecule has 39 heavy (non-hydrogen) atoms. The maximum absolute atomic E-state index is 13.4. The summed E-state index contributed by atoms with van der Waals surface area (Å²) >= 11 is 2.14. The highest BCUT2D eigenvalue weighted by Gasteiger charge is 2.39. The van der Waals surface area contributed by atoms with Gasteiger partial charge in [0.2, 0.25) is 17.6 Å². The van der Waals surface area contributed by atoms with Gasteiger partial charge in [0.05, 0.1) is 11.4 Å². The van der Waals surface area contributed by atoms with E-state index in [1.54, 1.807) is 11.6 Å². The molecule has 4 heterocycles. The fourth-order valence-electron chi connectivity index (χ4n) is 4.90. The van der Waals surface area contributed by atoms with Crippen molar-refractivity contribution in [3.05, 3.63) is 29.6 Å². The maximum atomic E-state index is 13.4. The van der Waals surface area contributed by atoms with Crippen molar-refractivity contribution < 1.29 is 32.4 Å². The molecule has 1 aliphatic carbocycles. The lowest BCUT2D eigenvalue weighted by atomic mass is 9.84. The average molecular weight is 595 g/mol. The lowest BCUT2D eigenvalue weighted by Crippen LogP contribution is -2.58. The molecule has 1 saturated carbocycles. The van der Waals surface area contributed by atoms with Crippen LogP contribution in [-0.2, 0) is 19.6 Å². The molecule has 2 amide bonds. The van der Waals surface area contributed by atoms with E-state index in [9.17, 15) is 22.8 Å². The predicted molar refractivity (Wildman–Crippen MR) is 141 cm³/mol. The molecule has 2 aliphatic rings. The fraction of sp³-hybridized carbons (Fsp3) is 0.478. The van der Waals surface area contributed by atoms with Gasteiger partial charge in [-0.3, -0.25) is 9.59 Å². The van der Waals surface area contributed by atoms with E-state index in [4.69, 9.17) is 5.11 Å². The van der Waals surface area contributed by atoms with E-state index in [1.165, 1.54) is 34.8 Å². The van der Waals surface area contributed by atoms with Crippen LogP contribution in [0, 0.1) is 5.92 Å². The first-order valence-electron chi connectivity index (χ1n) is 12.4. The van der Waals surface area contributed by atoms with Gasteiger partial charge in [-0.15, -0.1) is 22.7 Å². The molecule has 1 saturated heterocycles. The van der Waals surface area contributed by atoms with E-state index in [0.717, 1.165) is 41.3 Å². The van der Waals surface area contributed by atoms with Gasteiger partial charge in [-0.05, 0) is 24.5 Å². The van der Waals surface area contributed by atoms with Crippen molar-refractivity contribution in [2.75, 3.05) is 25.0 Å². The van der Waals surface area contributed by atoms with Crippen LogP contribution in [0.5, 0.6) is 0 Å². The minimum atomic E-state index is -4.04. The second-order valence-electron chi connectivity index (χ2n) is 9.35. The Morgan fingerprint density at radius 1 is 1.21 bits per heavy atom. The molecule has 3 aromatic rings. The zero-order valence-corrected chi connectivity index (χ0v) is 23.1. The van der Waals surface area contributed by atoms with Gasteiger partial charge in [-0.2, -0.15) is 9.29 Å². The molecule has 0 bridgehead atoms. The first kappa shape index (κ1) is 27.4. The average Bonchev–Trinajstić information content (AvgIpc) is 3.70. The summed E-state index contributed by atoms with van der Waals surface area (Å²) in [5, 5.41) is 17.6. The topological polar surface area (TPSA) is 176 Å². The summed E-state index contributed by atoms with van der Waals surface area (Å²) in [5.41, 5.74) is 0. The van der Waals surface area contributed by atoms with Crippen LogP contribution in [0.1, 0.15) is 49.2 Å². The predicted octanol–water partition coefficient (Wildman–Crippen LogP) is 2.76. The molecular weight excluding hydrogens is 568 g/mol. The first-order chi connectivity index (χ1) is 18.7. The minimum absolute atomic E-state index is 0.0262. The number of amides is 2. The molecule has 0 radical (unpaired) electrons. The third-order valence-corrected chi connectivity index (χ3v) is 10.9. The number of aromatic carboxylic acids is 1. The second-order valence-corrected chi connectivity index (χ2v) is 13.5. The van der Waals surface area contributed by atoms with Gasteiger partial charge in [0, 0.05) is 24.7 Å². The molecule has 1 unspecified atom stereocenters. The van der Waals surface area contributed by atoms with Crippen molar-refractivity contribution in [3.8, 4) is 10.7 Å². The molecule has 0 spiro atoms. The summed E-state index contributed by atoms with van der Waals surface area (Å²) in [5.74, 6) is -2.49. The van der Waals surface area contributed by atoms with Crippen LogP contribution in [0.15, 0.2) is 32.4 Å². The molecule has 2 N–H and O–H groups in total. The van der Waals surface area contributed by atoms with E-state index in [2.05, 4.69) is 25.0 Å². The first-order valence-corrected chi connectivity index (χ1v) is 15.5. The van der Waals surface area contributed by atoms with Crippen LogP contribution in [0.3, 0.4) is 0 Å². The third-order valence-electron chi connectivity index (χ3n) is 6.85. The molecule has 13 nitrogen and oxygen atoms in total. The van der Waals surface area contributed by atoms with Gasteiger partial charge in [0.1, 0.15) is 10.3 Å². The Morgan fingerprint density at radius 3 is 2.67 bits per heavy atom. The highest BCUT2D eigenvalue weighted by molar-refractivity contribution is 7.91. The van der Waals surface area contributed by atoms with E-state index in [0.29, 0.717) is 22.3 Å². The minimum Gasteiger partial charge on any atom is -0.474 e. The maximum Gasteiger partial charge on any atom is 0.394 e. The number of hydrogen-bond acceptors (Lipinski definition) is 11. The second kappa shape index (κ2) is 11.5. The van der Waals surface area contributed by atoms with Crippen molar-refractivity contribution in [1.29, 1.82) is 0 Å². The van der Waals surface area contributed by atoms with Crippen LogP contribution in [0.4, 0.5) is 5.13 Å². The molecule has 208 valence electrons. The standard InChI is InChI=1S/C23H26N6O7S3/c30-17-13-28(39(34,35)18-7-6-16(38-18)19-25-21(22(32)33)36-27-19)9-10-29(17)15(12-14-4-2-1-3-5-14)20(31)26-23-24-8-11-37-23/h6-8,11,14-15H,1-5,9-10,12-13H2,(H,32,33)(H,24,26,31). The van der Waals surface area contributed by atoms with Crippen molar-refractivity contribution in [2.24, 2.45) is 5.92 Å². The largest absolute Gasteiger partial charge is 0.474 e. The van der Waals surface area contributed by atoms with Gasteiger partial charge >= 0.3 is 11.9 Å². The Bertz CT molecular complexity index is 1450. The number of hydrogen-bond donors (Lipinski definition) is 2. The number of aromatic nitrogens is 3. The molecule has 1 aliphatic heterocycles. The Morgan fingerprint density at radius 2 is 2.00 bits per heavy atom. The van der Waals surface area contributed by atoms with Crippen molar-refractivity contribution in [3.63, 3.8) is 0 Å². The van der Waals surface area contributed by atoms with Gasteiger partial charge < -0.3 is 19.8 Å². The number of rotatable bonds is 9.